The molecule has 0 spiro atoms. The molecule has 2 atom stereocenters. The van der Waals surface area contributed by atoms with Crippen LogP contribution in [-0.4, -0.2) is 33.9 Å². The van der Waals surface area contributed by atoms with E-state index in [4.69, 9.17) is 0 Å². The summed E-state index contributed by atoms with van der Waals surface area (Å²) in [5.41, 5.74) is 0.458. The molecule has 0 bridgehead atoms. The van der Waals surface area contributed by atoms with Crippen molar-refractivity contribution in [2.24, 2.45) is 0 Å². The van der Waals surface area contributed by atoms with E-state index in [1.54, 1.807) is 43.6 Å². The largest absolute Gasteiger partial charge is 0.464 e. The summed E-state index contributed by atoms with van der Waals surface area (Å²) in [6, 6.07) is 6.93. The number of aliphatic hydroxyl groups excluding tert-OH is 2. The van der Waals surface area contributed by atoms with E-state index in [0.717, 1.165) is 10.8 Å². The summed E-state index contributed by atoms with van der Waals surface area (Å²) in [6.07, 6.45) is 0.448. The summed E-state index contributed by atoms with van der Waals surface area (Å²) in [5.74, 6) is -0.829. The van der Waals surface area contributed by atoms with Crippen molar-refractivity contribution >= 4 is 16.7 Å². The maximum absolute atomic E-state index is 11.4. The number of rotatable bonds is 4. The molecule has 5 nitrogen and oxygen atoms in total. The molecular formula is C14H15NO4. The number of hydrogen-bond acceptors (Lipinski definition) is 5. The molecule has 1 aromatic carbocycles. The summed E-state index contributed by atoms with van der Waals surface area (Å²) < 4.78 is 4.67. The van der Waals surface area contributed by atoms with Crippen molar-refractivity contribution in [3.63, 3.8) is 0 Å². The molecule has 100 valence electrons. The molecular weight excluding hydrogens is 246 g/mol. The van der Waals surface area contributed by atoms with E-state index >= 15 is 0 Å². The number of esters is 1. The third-order valence-corrected chi connectivity index (χ3v) is 2.83. The predicted octanol–water partition coefficient (Wildman–Crippen LogP) is 1.19. The smallest absolute Gasteiger partial charge is 0.338 e. The fourth-order valence-corrected chi connectivity index (χ4v) is 1.82. The highest BCUT2D eigenvalue weighted by Crippen LogP contribution is 2.22. The lowest BCUT2D eigenvalue weighted by atomic mass is 10.0. The monoisotopic (exact) mass is 261 g/mol. The second-order valence-electron chi connectivity index (χ2n) is 4.12. The van der Waals surface area contributed by atoms with Crippen LogP contribution in [0.1, 0.15) is 18.6 Å². The van der Waals surface area contributed by atoms with Crippen molar-refractivity contribution in [3.8, 4) is 0 Å². The van der Waals surface area contributed by atoms with Crippen LogP contribution in [0.25, 0.3) is 10.8 Å². The number of hydrogen-bond donors (Lipinski definition) is 2. The Bertz CT molecular complexity index is 584. The molecule has 19 heavy (non-hydrogen) atoms. The zero-order valence-corrected chi connectivity index (χ0v) is 10.5. The van der Waals surface area contributed by atoms with Crippen molar-refractivity contribution < 1.29 is 19.7 Å². The van der Waals surface area contributed by atoms with Gasteiger partial charge in [0.05, 0.1) is 6.61 Å². The van der Waals surface area contributed by atoms with Gasteiger partial charge in [0.1, 0.15) is 6.10 Å². The molecule has 1 heterocycles. The molecule has 0 aliphatic rings. The average Bonchev–Trinajstić information content (AvgIpc) is 2.45. The molecule has 2 unspecified atom stereocenters. The molecule has 0 aliphatic carbocycles. The third-order valence-electron chi connectivity index (χ3n) is 2.83. The summed E-state index contributed by atoms with van der Waals surface area (Å²) >= 11 is 0. The molecule has 0 aliphatic heterocycles. The van der Waals surface area contributed by atoms with Gasteiger partial charge in [-0.1, -0.05) is 12.1 Å². The van der Waals surface area contributed by atoms with Crippen LogP contribution in [0.15, 0.2) is 36.7 Å². The second kappa shape index (κ2) is 5.77. The summed E-state index contributed by atoms with van der Waals surface area (Å²) in [6.45, 7) is 1.80. The Hall–Kier alpha value is -1.98. The first kappa shape index (κ1) is 13.5. The lowest BCUT2D eigenvalue weighted by Crippen LogP contribution is -2.29. The molecule has 0 saturated heterocycles. The fourth-order valence-electron chi connectivity index (χ4n) is 1.82. The van der Waals surface area contributed by atoms with Gasteiger partial charge in [-0.05, 0) is 30.0 Å². The van der Waals surface area contributed by atoms with Gasteiger partial charge in [-0.2, -0.15) is 0 Å². The van der Waals surface area contributed by atoms with Crippen LogP contribution in [0, 0.1) is 0 Å². The molecule has 0 radical (unpaired) electrons. The first-order valence-corrected chi connectivity index (χ1v) is 6.00. The van der Waals surface area contributed by atoms with Gasteiger partial charge < -0.3 is 14.9 Å². The number of pyridine rings is 1. The Morgan fingerprint density at radius 1 is 1.32 bits per heavy atom. The molecule has 2 rings (SSSR count). The van der Waals surface area contributed by atoms with Crippen molar-refractivity contribution in [2.75, 3.05) is 6.61 Å². The van der Waals surface area contributed by atoms with Gasteiger partial charge in [0, 0.05) is 17.8 Å². The summed E-state index contributed by atoms with van der Waals surface area (Å²) in [4.78, 5) is 15.4. The van der Waals surface area contributed by atoms with Gasteiger partial charge in [0.15, 0.2) is 6.10 Å². The number of aromatic nitrogens is 1. The van der Waals surface area contributed by atoms with E-state index in [2.05, 4.69) is 9.72 Å². The van der Waals surface area contributed by atoms with E-state index in [1.165, 1.54) is 0 Å². The minimum atomic E-state index is -1.58. The Morgan fingerprint density at radius 3 is 2.84 bits per heavy atom. The van der Waals surface area contributed by atoms with Crippen LogP contribution in [0.2, 0.25) is 0 Å². The highest BCUT2D eigenvalue weighted by atomic mass is 16.5. The highest BCUT2D eigenvalue weighted by Gasteiger charge is 2.26. The number of fused-ring (bicyclic) bond motifs is 1. The summed E-state index contributed by atoms with van der Waals surface area (Å²) in [5, 5.41) is 21.5. The first-order valence-electron chi connectivity index (χ1n) is 6.00. The van der Waals surface area contributed by atoms with Crippen molar-refractivity contribution in [1.82, 2.24) is 4.98 Å². The van der Waals surface area contributed by atoms with Crippen molar-refractivity contribution in [3.05, 3.63) is 42.2 Å². The molecule has 0 amide bonds. The van der Waals surface area contributed by atoms with E-state index < -0.39 is 18.2 Å². The summed E-state index contributed by atoms with van der Waals surface area (Å²) in [7, 11) is 0. The maximum Gasteiger partial charge on any atom is 0.338 e. The molecule has 1 aromatic heterocycles. The minimum absolute atomic E-state index is 0.159. The quantitative estimate of drug-likeness (QED) is 0.808. The van der Waals surface area contributed by atoms with Crippen LogP contribution in [0.3, 0.4) is 0 Å². The number of carbonyl (C=O) groups is 1. The van der Waals surface area contributed by atoms with Gasteiger partial charge in [0.2, 0.25) is 0 Å². The lowest BCUT2D eigenvalue weighted by Gasteiger charge is -2.17. The maximum atomic E-state index is 11.4. The minimum Gasteiger partial charge on any atom is -0.464 e. The Labute approximate surface area is 110 Å². The molecule has 2 N–H and O–H groups in total. The van der Waals surface area contributed by atoms with Crippen LogP contribution >= 0.6 is 0 Å². The Balaban J connectivity index is 2.25. The normalized spacial score (nSPS) is 14.1. The predicted molar refractivity (Wildman–Crippen MR) is 69.3 cm³/mol. The van der Waals surface area contributed by atoms with Crippen LogP contribution in [-0.2, 0) is 9.53 Å². The third kappa shape index (κ3) is 2.89. The fraction of sp³-hybridized carbons (Fsp3) is 0.286. The zero-order chi connectivity index (χ0) is 13.8. The zero-order valence-electron chi connectivity index (χ0n) is 10.5. The second-order valence-corrected chi connectivity index (χ2v) is 4.12. The first-order chi connectivity index (χ1) is 9.13. The average molecular weight is 261 g/mol. The Kier molecular flexibility index (Phi) is 4.09. The van der Waals surface area contributed by atoms with Gasteiger partial charge in [-0.15, -0.1) is 0 Å². The van der Waals surface area contributed by atoms with Crippen molar-refractivity contribution in [1.29, 1.82) is 0 Å². The van der Waals surface area contributed by atoms with Gasteiger partial charge >= 0.3 is 5.97 Å². The van der Waals surface area contributed by atoms with Gasteiger partial charge in [0.25, 0.3) is 0 Å². The number of carbonyl (C=O) groups excluding carboxylic acids is 1. The van der Waals surface area contributed by atoms with Gasteiger partial charge in [-0.25, -0.2) is 4.79 Å². The van der Waals surface area contributed by atoms with Crippen molar-refractivity contribution in [2.45, 2.75) is 19.1 Å². The van der Waals surface area contributed by atoms with E-state index in [0.29, 0.717) is 5.56 Å². The topological polar surface area (TPSA) is 79.7 Å². The van der Waals surface area contributed by atoms with Crippen LogP contribution in [0.5, 0.6) is 0 Å². The molecule has 0 fully saturated rings. The number of nitrogens with zero attached hydrogens (tertiary/aromatic N) is 1. The van der Waals surface area contributed by atoms with E-state index in [-0.39, 0.29) is 6.61 Å². The number of ether oxygens (including phenoxy) is 1. The molecule has 0 saturated carbocycles. The number of aliphatic hydroxyl groups is 2. The van der Waals surface area contributed by atoms with E-state index in [1.807, 2.05) is 0 Å². The molecule has 5 heteroatoms. The standard InChI is InChI=1S/C14H15NO4/c1-2-19-14(18)13(17)12(16)10-3-4-11-8-15-6-5-9(11)7-10/h3-8,12-13,16-17H,2H2,1H3. The highest BCUT2D eigenvalue weighted by molar-refractivity contribution is 5.82. The molecule has 2 aromatic rings. The van der Waals surface area contributed by atoms with Crippen LogP contribution in [0.4, 0.5) is 0 Å². The van der Waals surface area contributed by atoms with Crippen LogP contribution < -0.4 is 0 Å². The van der Waals surface area contributed by atoms with Gasteiger partial charge in [-0.3, -0.25) is 4.98 Å². The lowest BCUT2D eigenvalue weighted by molar-refractivity contribution is -0.159. The number of benzene rings is 1. The Morgan fingerprint density at radius 2 is 2.11 bits per heavy atom. The van der Waals surface area contributed by atoms with E-state index in [9.17, 15) is 15.0 Å². The SMILES string of the molecule is CCOC(=O)C(O)C(O)c1ccc2cnccc2c1.